The molecular weight excluding hydrogens is 260 g/mol. The standard InChI is InChI=1S/C11H13BrO3/c12-11-4-3-10(7-9(11)8-14)15-6-2-1-5-13/h3-4,7-8,13H,1-2,5-6H2. The summed E-state index contributed by atoms with van der Waals surface area (Å²) in [5.74, 6) is 0.679. The highest BCUT2D eigenvalue weighted by Gasteiger charge is 2.00. The van der Waals surface area contributed by atoms with Crippen LogP contribution in [0.1, 0.15) is 23.2 Å². The number of hydrogen-bond acceptors (Lipinski definition) is 3. The van der Waals surface area contributed by atoms with E-state index in [-0.39, 0.29) is 6.61 Å². The molecular formula is C11H13BrO3. The number of unbranched alkanes of at least 4 members (excludes halogenated alkanes) is 1. The van der Waals surface area contributed by atoms with E-state index in [4.69, 9.17) is 9.84 Å². The van der Waals surface area contributed by atoms with Gasteiger partial charge in [-0.25, -0.2) is 0 Å². The summed E-state index contributed by atoms with van der Waals surface area (Å²) >= 11 is 3.26. The minimum Gasteiger partial charge on any atom is -0.494 e. The third kappa shape index (κ3) is 4.01. The monoisotopic (exact) mass is 272 g/mol. The normalized spacial score (nSPS) is 10.0. The molecule has 3 nitrogen and oxygen atoms in total. The number of hydrogen-bond donors (Lipinski definition) is 1. The van der Waals surface area contributed by atoms with E-state index in [2.05, 4.69) is 15.9 Å². The lowest BCUT2D eigenvalue weighted by molar-refractivity contribution is 0.112. The van der Waals surface area contributed by atoms with Gasteiger partial charge < -0.3 is 9.84 Å². The van der Waals surface area contributed by atoms with E-state index in [0.717, 1.165) is 23.6 Å². The molecule has 0 aliphatic rings. The van der Waals surface area contributed by atoms with Crippen LogP contribution in [0.5, 0.6) is 5.75 Å². The minimum atomic E-state index is 0.184. The summed E-state index contributed by atoms with van der Waals surface area (Å²) in [4.78, 5) is 10.6. The number of carbonyl (C=O) groups is 1. The van der Waals surface area contributed by atoms with Crippen LogP contribution >= 0.6 is 15.9 Å². The average Bonchev–Trinajstić information content (AvgIpc) is 2.26. The Kier molecular flexibility index (Phi) is 5.36. The van der Waals surface area contributed by atoms with Crippen molar-refractivity contribution in [1.29, 1.82) is 0 Å². The zero-order valence-corrected chi connectivity index (χ0v) is 9.87. The number of aldehydes is 1. The first-order chi connectivity index (χ1) is 7.27. The lowest BCUT2D eigenvalue weighted by Crippen LogP contribution is -1.99. The number of ether oxygens (including phenoxy) is 1. The predicted molar refractivity (Wildman–Crippen MR) is 61.3 cm³/mol. The Morgan fingerprint density at radius 3 is 2.87 bits per heavy atom. The number of aliphatic hydroxyl groups is 1. The van der Waals surface area contributed by atoms with Crippen LogP contribution in [0.3, 0.4) is 0 Å². The SMILES string of the molecule is O=Cc1cc(OCCCCO)ccc1Br. The summed E-state index contributed by atoms with van der Waals surface area (Å²) in [7, 11) is 0. The molecule has 0 radical (unpaired) electrons. The Morgan fingerprint density at radius 2 is 2.20 bits per heavy atom. The summed E-state index contributed by atoms with van der Waals surface area (Å²) in [5.41, 5.74) is 0.578. The predicted octanol–water partition coefficient (Wildman–Crippen LogP) is 2.41. The van der Waals surface area contributed by atoms with Crippen LogP contribution in [-0.2, 0) is 0 Å². The lowest BCUT2D eigenvalue weighted by atomic mass is 10.2. The first-order valence-corrected chi connectivity index (χ1v) is 5.55. The van der Waals surface area contributed by atoms with Crippen LogP contribution in [0.2, 0.25) is 0 Å². The van der Waals surface area contributed by atoms with Gasteiger partial charge in [0.2, 0.25) is 0 Å². The van der Waals surface area contributed by atoms with E-state index in [1.807, 2.05) is 0 Å². The fourth-order valence-electron chi connectivity index (χ4n) is 1.11. The van der Waals surface area contributed by atoms with Gasteiger partial charge in [0.15, 0.2) is 6.29 Å². The maximum absolute atomic E-state index is 10.6. The van der Waals surface area contributed by atoms with E-state index >= 15 is 0 Å². The van der Waals surface area contributed by atoms with Crippen molar-refractivity contribution < 1.29 is 14.6 Å². The third-order valence-electron chi connectivity index (χ3n) is 1.92. The third-order valence-corrected chi connectivity index (χ3v) is 2.64. The van der Waals surface area contributed by atoms with Gasteiger partial charge in [0, 0.05) is 16.6 Å². The van der Waals surface area contributed by atoms with Gasteiger partial charge in [-0.2, -0.15) is 0 Å². The smallest absolute Gasteiger partial charge is 0.151 e. The summed E-state index contributed by atoms with van der Waals surface area (Å²) in [6.45, 7) is 0.740. The number of benzene rings is 1. The van der Waals surface area contributed by atoms with E-state index in [1.165, 1.54) is 0 Å². The molecule has 1 N–H and O–H groups in total. The van der Waals surface area contributed by atoms with Crippen molar-refractivity contribution in [2.75, 3.05) is 13.2 Å². The first kappa shape index (κ1) is 12.2. The Hall–Kier alpha value is -0.870. The maximum atomic E-state index is 10.6. The Labute approximate surface area is 97.2 Å². The Bertz CT molecular complexity index is 326. The van der Waals surface area contributed by atoms with Gasteiger partial charge in [0.05, 0.1) is 6.61 Å². The van der Waals surface area contributed by atoms with Crippen molar-refractivity contribution in [2.45, 2.75) is 12.8 Å². The Balaban J connectivity index is 2.51. The quantitative estimate of drug-likeness (QED) is 0.639. The molecule has 4 heteroatoms. The first-order valence-electron chi connectivity index (χ1n) is 4.76. The van der Waals surface area contributed by atoms with Crippen LogP contribution < -0.4 is 4.74 Å². The van der Waals surface area contributed by atoms with Crippen LogP contribution in [0.25, 0.3) is 0 Å². The lowest BCUT2D eigenvalue weighted by Gasteiger charge is -2.06. The van der Waals surface area contributed by atoms with E-state index in [9.17, 15) is 4.79 Å². The zero-order valence-electron chi connectivity index (χ0n) is 8.28. The van der Waals surface area contributed by atoms with E-state index in [1.54, 1.807) is 18.2 Å². The van der Waals surface area contributed by atoms with Gasteiger partial charge in [-0.05, 0) is 31.0 Å². The highest BCUT2D eigenvalue weighted by atomic mass is 79.9. The van der Waals surface area contributed by atoms with Crippen molar-refractivity contribution in [3.05, 3.63) is 28.2 Å². The van der Waals surface area contributed by atoms with E-state index in [0.29, 0.717) is 17.9 Å². The van der Waals surface area contributed by atoms with Gasteiger partial charge in [-0.15, -0.1) is 0 Å². The molecule has 0 atom stereocenters. The fraction of sp³-hybridized carbons (Fsp3) is 0.364. The van der Waals surface area contributed by atoms with Crippen molar-refractivity contribution in [1.82, 2.24) is 0 Å². The van der Waals surface area contributed by atoms with Gasteiger partial charge in [0.25, 0.3) is 0 Å². The van der Waals surface area contributed by atoms with Crippen LogP contribution in [-0.4, -0.2) is 24.6 Å². The molecule has 0 aliphatic heterocycles. The maximum Gasteiger partial charge on any atom is 0.151 e. The number of halogens is 1. The molecule has 0 saturated heterocycles. The molecule has 0 aromatic heterocycles. The highest BCUT2D eigenvalue weighted by Crippen LogP contribution is 2.21. The van der Waals surface area contributed by atoms with Crippen molar-refractivity contribution in [2.24, 2.45) is 0 Å². The summed E-state index contributed by atoms with van der Waals surface area (Å²) < 4.78 is 6.18. The summed E-state index contributed by atoms with van der Waals surface area (Å²) in [6, 6.07) is 5.27. The van der Waals surface area contributed by atoms with E-state index < -0.39 is 0 Å². The molecule has 0 fully saturated rings. The van der Waals surface area contributed by atoms with Crippen LogP contribution in [0, 0.1) is 0 Å². The molecule has 0 saturated carbocycles. The van der Waals surface area contributed by atoms with Crippen LogP contribution in [0.15, 0.2) is 22.7 Å². The average molecular weight is 273 g/mol. The van der Waals surface area contributed by atoms with Crippen LogP contribution in [0.4, 0.5) is 0 Å². The largest absolute Gasteiger partial charge is 0.494 e. The molecule has 0 aliphatic carbocycles. The second-order valence-electron chi connectivity index (χ2n) is 3.08. The molecule has 1 aromatic rings. The van der Waals surface area contributed by atoms with Crippen molar-refractivity contribution >= 4 is 22.2 Å². The van der Waals surface area contributed by atoms with Gasteiger partial charge in [-0.3, -0.25) is 4.79 Å². The van der Waals surface area contributed by atoms with Gasteiger partial charge in [0.1, 0.15) is 5.75 Å². The summed E-state index contributed by atoms with van der Waals surface area (Å²) in [6.07, 6.45) is 2.32. The molecule has 0 spiro atoms. The molecule has 15 heavy (non-hydrogen) atoms. The topological polar surface area (TPSA) is 46.5 Å². The van der Waals surface area contributed by atoms with Gasteiger partial charge in [-0.1, -0.05) is 15.9 Å². The van der Waals surface area contributed by atoms with Gasteiger partial charge >= 0.3 is 0 Å². The van der Waals surface area contributed by atoms with Crippen molar-refractivity contribution in [3.63, 3.8) is 0 Å². The molecule has 0 heterocycles. The minimum absolute atomic E-state index is 0.184. The zero-order chi connectivity index (χ0) is 11.1. The van der Waals surface area contributed by atoms with Crippen molar-refractivity contribution in [3.8, 4) is 5.75 Å². The summed E-state index contributed by atoms with van der Waals surface area (Å²) in [5, 5.41) is 8.57. The number of carbonyl (C=O) groups excluding carboxylic acids is 1. The second-order valence-corrected chi connectivity index (χ2v) is 3.93. The molecule has 0 bridgehead atoms. The Morgan fingerprint density at radius 1 is 1.40 bits per heavy atom. The molecule has 1 rings (SSSR count). The molecule has 0 unspecified atom stereocenters. The second kappa shape index (κ2) is 6.58. The number of rotatable bonds is 6. The molecule has 0 amide bonds. The fourth-order valence-corrected chi connectivity index (χ4v) is 1.45. The molecule has 82 valence electrons. The highest BCUT2D eigenvalue weighted by molar-refractivity contribution is 9.10. The molecule has 1 aromatic carbocycles. The number of aliphatic hydroxyl groups excluding tert-OH is 1.